The minimum absolute atomic E-state index is 0.0370. The van der Waals surface area contributed by atoms with Crippen LogP contribution in [-0.2, 0) is 9.47 Å². The summed E-state index contributed by atoms with van der Waals surface area (Å²) in [5.74, 6) is -0.994. The fourth-order valence-corrected chi connectivity index (χ4v) is 6.09. The first-order valence-corrected chi connectivity index (χ1v) is 14.0. The first kappa shape index (κ1) is 26.4. The molecule has 3 saturated heterocycles. The summed E-state index contributed by atoms with van der Waals surface area (Å²) in [7, 11) is 0. The summed E-state index contributed by atoms with van der Waals surface area (Å²) in [6.07, 6.45) is 3.46. The van der Waals surface area contributed by atoms with Crippen molar-refractivity contribution in [2.45, 2.75) is 64.1 Å². The van der Waals surface area contributed by atoms with Crippen molar-refractivity contribution in [2.75, 3.05) is 57.4 Å². The molecule has 9 nitrogen and oxygen atoms in total. The Morgan fingerprint density at radius 2 is 1.79 bits per heavy atom. The van der Waals surface area contributed by atoms with Gasteiger partial charge in [0, 0.05) is 49.6 Å². The normalized spacial score (nSPS) is 24.7. The molecule has 3 aliphatic heterocycles. The Morgan fingerprint density at radius 1 is 1.10 bits per heavy atom. The molecule has 4 heterocycles. The van der Waals surface area contributed by atoms with E-state index in [9.17, 15) is 13.6 Å². The van der Waals surface area contributed by atoms with Crippen molar-refractivity contribution in [3.8, 4) is 6.01 Å². The summed E-state index contributed by atoms with van der Waals surface area (Å²) in [6, 6.07) is 2.07. The van der Waals surface area contributed by atoms with Crippen LogP contribution in [0.3, 0.4) is 0 Å². The lowest BCUT2D eigenvalue weighted by Gasteiger charge is -2.42. The van der Waals surface area contributed by atoms with E-state index in [1.165, 1.54) is 6.07 Å². The number of carbonyl (C=O) groups excluding carboxylic acids is 1. The average Bonchev–Trinajstić information content (AvgIpc) is 3.58. The van der Waals surface area contributed by atoms with Crippen LogP contribution in [0.15, 0.2) is 12.1 Å². The van der Waals surface area contributed by atoms with Crippen LogP contribution >= 0.6 is 0 Å². The molecule has 6 rings (SSSR count). The molecule has 1 aromatic heterocycles. The van der Waals surface area contributed by atoms with Gasteiger partial charge in [0.1, 0.15) is 22.8 Å². The molecule has 2 unspecified atom stereocenters. The number of nitrogens with zero attached hydrogens (tertiary/aromatic N) is 5. The number of ether oxygens (including phenoxy) is 3. The molecule has 0 spiro atoms. The quantitative estimate of drug-likeness (QED) is 0.539. The van der Waals surface area contributed by atoms with Gasteiger partial charge in [0.25, 0.3) is 0 Å². The van der Waals surface area contributed by atoms with Crippen LogP contribution in [0.25, 0.3) is 10.9 Å². The lowest BCUT2D eigenvalue weighted by Crippen LogP contribution is -2.57. The summed E-state index contributed by atoms with van der Waals surface area (Å²) >= 11 is 0. The Morgan fingerprint density at radius 3 is 2.44 bits per heavy atom. The maximum Gasteiger partial charge on any atom is 0.410 e. The molecule has 4 fully saturated rings. The number of carbonyl (C=O) groups is 1. The predicted molar refractivity (Wildman–Crippen MR) is 141 cm³/mol. The highest BCUT2D eigenvalue weighted by molar-refractivity contribution is 5.90. The van der Waals surface area contributed by atoms with Crippen molar-refractivity contribution in [2.24, 2.45) is 5.41 Å². The van der Waals surface area contributed by atoms with Crippen LogP contribution in [0.4, 0.5) is 19.4 Å². The van der Waals surface area contributed by atoms with Crippen LogP contribution in [0.1, 0.15) is 46.5 Å². The predicted octanol–water partition coefficient (Wildman–Crippen LogP) is 3.99. The molecule has 2 aromatic rings. The number of halogens is 2. The van der Waals surface area contributed by atoms with Gasteiger partial charge in [0.15, 0.2) is 5.82 Å². The summed E-state index contributed by atoms with van der Waals surface area (Å²) in [6.45, 7) is 11.2. The fraction of sp³-hybridized carbons (Fsp3) is 0.679. The zero-order chi connectivity index (χ0) is 27.4. The van der Waals surface area contributed by atoms with Crippen molar-refractivity contribution in [1.82, 2.24) is 19.8 Å². The molecule has 1 aromatic carbocycles. The Kier molecular flexibility index (Phi) is 6.77. The smallest absolute Gasteiger partial charge is 0.410 e. The molecule has 11 heteroatoms. The first-order chi connectivity index (χ1) is 18.6. The molecule has 39 heavy (non-hydrogen) atoms. The van der Waals surface area contributed by atoms with Gasteiger partial charge < -0.3 is 19.1 Å². The van der Waals surface area contributed by atoms with Gasteiger partial charge in [-0.3, -0.25) is 9.80 Å². The van der Waals surface area contributed by atoms with Gasteiger partial charge in [0.2, 0.25) is 0 Å². The number of benzene rings is 1. The van der Waals surface area contributed by atoms with Crippen LogP contribution in [0.5, 0.6) is 6.01 Å². The van der Waals surface area contributed by atoms with Crippen molar-refractivity contribution in [3.63, 3.8) is 0 Å². The topological polar surface area (TPSA) is 80.3 Å². The van der Waals surface area contributed by atoms with E-state index in [1.807, 2.05) is 30.6 Å². The van der Waals surface area contributed by atoms with Gasteiger partial charge in [-0.25, -0.2) is 13.6 Å². The van der Waals surface area contributed by atoms with Gasteiger partial charge in [-0.05, 0) is 52.5 Å². The van der Waals surface area contributed by atoms with E-state index >= 15 is 0 Å². The molecule has 1 amide bonds. The zero-order valence-electron chi connectivity index (χ0n) is 22.9. The number of morpholine rings is 1. The zero-order valence-corrected chi connectivity index (χ0v) is 22.9. The van der Waals surface area contributed by atoms with E-state index in [2.05, 4.69) is 9.88 Å². The number of piperazine rings is 1. The van der Waals surface area contributed by atoms with Crippen LogP contribution in [-0.4, -0.2) is 96.1 Å². The molecule has 1 saturated carbocycles. The Bertz CT molecular complexity index is 1230. The van der Waals surface area contributed by atoms with E-state index < -0.39 is 17.2 Å². The second-order valence-corrected chi connectivity index (χ2v) is 12.5. The highest BCUT2D eigenvalue weighted by atomic mass is 19.1. The molecule has 212 valence electrons. The molecule has 2 bridgehead atoms. The largest absolute Gasteiger partial charge is 0.463 e. The molecular formula is C28H37F2N5O4. The lowest BCUT2D eigenvalue weighted by molar-refractivity contribution is 0.0123. The van der Waals surface area contributed by atoms with E-state index in [4.69, 9.17) is 19.2 Å². The maximum absolute atomic E-state index is 15.0. The van der Waals surface area contributed by atoms with Crippen molar-refractivity contribution in [1.29, 1.82) is 0 Å². The van der Waals surface area contributed by atoms with Crippen molar-refractivity contribution < 1.29 is 27.8 Å². The van der Waals surface area contributed by atoms with Gasteiger partial charge in [-0.2, -0.15) is 9.97 Å². The Balaban J connectivity index is 1.24. The third-order valence-corrected chi connectivity index (χ3v) is 8.19. The minimum atomic E-state index is -0.747. The minimum Gasteiger partial charge on any atom is -0.463 e. The molecule has 4 aliphatic rings. The summed E-state index contributed by atoms with van der Waals surface area (Å²) in [4.78, 5) is 28.2. The number of hydrogen-bond acceptors (Lipinski definition) is 8. The van der Waals surface area contributed by atoms with Crippen LogP contribution in [0.2, 0.25) is 0 Å². The molecule has 0 N–H and O–H groups in total. The van der Waals surface area contributed by atoms with Gasteiger partial charge in [0.05, 0.1) is 31.9 Å². The van der Waals surface area contributed by atoms with Crippen molar-refractivity contribution in [3.05, 3.63) is 23.8 Å². The number of amides is 1. The average molecular weight is 546 g/mol. The van der Waals surface area contributed by atoms with E-state index in [0.717, 1.165) is 64.6 Å². The summed E-state index contributed by atoms with van der Waals surface area (Å²) < 4.78 is 46.6. The van der Waals surface area contributed by atoms with E-state index in [-0.39, 0.29) is 35.1 Å². The fourth-order valence-electron chi connectivity index (χ4n) is 6.09. The van der Waals surface area contributed by atoms with Crippen LogP contribution < -0.4 is 9.64 Å². The molecule has 0 radical (unpaired) electrons. The summed E-state index contributed by atoms with van der Waals surface area (Å²) in [5.41, 5.74) is -0.510. The monoisotopic (exact) mass is 545 g/mol. The first-order valence-electron chi connectivity index (χ1n) is 14.0. The third kappa shape index (κ3) is 5.61. The SMILES string of the molecule is CC(C)(C)OC(=O)N1C2CCC1CN(c1nc(OCC3(CN4CCOCC4)CC3)nc3c(F)cc(F)cc13)C2. The number of hydrogen-bond donors (Lipinski definition) is 0. The van der Waals surface area contributed by atoms with Gasteiger partial charge in [-0.15, -0.1) is 0 Å². The second-order valence-electron chi connectivity index (χ2n) is 12.5. The van der Waals surface area contributed by atoms with E-state index in [1.54, 1.807) is 0 Å². The van der Waals surface area contributed by atoms with Crippen LogP contribution in [0, 0.1) is 17.0 Å². The summed E-state index contributed by atoms with van der Waals surface area (Å²) in [5, 5.41) is 0.305. The number of fused-ring (bicyclic) bond motifs is 3. The standard InChI is InChI=1S/C28H37F2N5O4/c1-27(2,3)39-26(36)35-19-4-5-20(35)15-34(14-19)24-21-12-18(29)13-22(30)23(21)31-25(32-24)38-17-28(6-7-28)16-33-8-10-37-11-9-33/h12-13,19-20H,4-11,14-17H2,1-3H3. The Hall–Kier alpha value is -2.79. The number of rotatable bonds is 6. The number of anilines is 1. The molecule has 1 aliphatic carbocycles. The number of aromatic nitrogens is 2. The highest BCUT2D eigenvalue weighted by Gasteiger charge is 2.46. The van der Waals surface area contributed by atoms with E-state index in [0.29, 0.717) is 30.9 Å². The Labute approximate surface area is 227 Å². The third-order valence-electron chi connectivity index (χ3n) is 8.19. The lowest BCUT2D eigenvalue weighted by atomic mass is 10.1. The highest BCUT2D eigenvalue weighted by Crippen LogP contribution is 2.47. The molecule has 2 atom stereocenters. The maximum atomic E-state index is 15.0. The second kappa shape index (κ2) is 9.99. The van der Waals surface area contributed by atoms with Gasteiger partial charge >= 0.3 is 12.1 Å². The van der Waals surface area contributed by atoms with Crippen molar-refractivity contribution >= 4 is 22.8 Å². The van der Waals surface area contributed by atoms with Gasteiger partial charge in [-0.1, -0.05) is 0 Å². The molecular weight excluding hydrogens is 508 g/mol.